The second-order valence-corrected chi connectivity index (χ2v) is 8.90. The van der Waals surface area contributed by atoms with E-state index < -0.39 is 5.97 Å². The summed E-state index contributed by atoms with van der Waals surface area (Å²) in [5.74, 6) is 1.42. The van der Waals surface area contributed by atoms with E-state index in [0.29, 0.717) is 28.1 Å². The average molecular weight is 487 g/mol. The molecule has 0 unspecified atom stereocenters. The zero-order chi connectivity index (χ0) is 23.6. The maximum atomic E-state index is 10.6. The van der Waals surface area contributed by atoms with E-state index in [4.69, 9.17) is 36.1 Å². The molecule has 0 radical (unpaired) electrons. The molecule has 33 heavy (non-hydrogen) atoms. The first-order valence-electron chi connectivity index (χ1n) is 10.7. The standard InChI is InChI=1S/C25H27ClN2O4S/c1-31-22-13-10-18(15-23(22)32-2)21-16-20(17-8-11-19(26)12-9-17)27-25(28-21)33-14-6-4-3-5-7-24(29)30/h8-13,15-16H,3-7,14H2,1-2H3,(H,29,30). The highest BCUT2D eigenvalue weighted by atomic mass is 35.5. The van der Waals surface area contributed by atoms with E-state index in [9.17, 15) is 4.79 Å². The van der Waals surface area contributed by atoms with Gasteiger partial charge in [-0.2, -0.15) is 0 Å². The molecule has 6 nitrogen and oxygen atoms in total. The summed E-state index contributed by atoms with van der Waals surface area (Å²) in [5, 5.41) is 10.1. The van der Waals surface area contributed by atoms with Crippen molar-refractivity contribution in [1.82, 2.24) is 9.97 Å². The number of aliphatic carboxylic acids is 1. The Morgan fingerprint density at radius 3 is 2.18 bits per heavy atom. The minimum atomic E-state index is -0.737. The van der Waals surface area contributed by atoms with Gasteiger partial charge in [0.2, 0.25) is 0 Å². The van der Waals surface area contributed by atoms with Gasteiger partial charge in [0.25, 0.3) is 0 Å². The number of nitrogens with zero attached hydrogens (tertiary/aromatic N) is 2. The minimum absolute atomic E-state index is 0.230. The largest absolute Gasteiger partial charge is 0.493 e. The fourth-order valence-electron chi connectivity index (χ4n) is 3.30. The van der Waals surface area contributed by atoms with E-state index in [1.807, 2.05) is 48.5 Å². The molecule has 0 saturated carbocycles. The Hall–Kier alpha value is -2.77. The van der Waals surface area contributed by atoms with Gasteiger partial charge in [-0.25, -0.2) is 9.97 Å². The van der Waals surface area contributed by atoms with Crippen LogP contribution in [0.1, 0.15) is 32.1 Å². The van der Waals surface area contributed by atoms with Crippen LogP contribution in [0.5, 0.6) is 11.5 Å². The lowest BCUT2D eigenvalue weighted by Gasteiger charge is -2.11. The molecule has 3 rings (SSSR count). The first-order valence-corrected chi connectivity index (χ1v) is 12.1. The molecule has 0 aliphatic rings. The molecule has 3 aromatic rings. The van der Waals surface area contributed by atoms with Crippen molar-refractivity contribution >= 4 is 29.3 Å². The predicted molar refractivity (Wildman–Crippen MR) is 132 cm³/mol. The smallest absolute Gasteiger partial charge is 0.303 e. The van der Waals surface area contributed by atoms with Crippen LogP contribution < -0.4 is 9.47 Å². The van der Waals surface area contributed by atoms with Crippen LogP contribution in [-0.4, -0.2) is 41.0 Å². The Bertz CT molecular complexity index is 1080. The highest BCUT2D eigenvalue weighted by molar-refractivity contribution is 7.99. The molecule has 0 saturated heterocycles. The Labute approximate surface area is 203 Å². The van der Waals surface area contributed by atoms with Crippen molar-refractivity contribution in [3.63, 3.8) is 0 Å². The molecule has 0 amide bonds. The first-order chi connectivity index (χ1) is 16.0. The summed E-state index contributed by atoms with van der Waals surface area (Å²) in [7, 11) is 3.22. The van der Waals surface area contributed by atoms with E-state index in [2.05, 4.69) is 0 Å². The van der Waals surface area contributed by atoms with Gasteiger partial charge in [-0.05, 0) is 49.2 Å². The Morgan fingerprint density at radius 1 is 0.879 bits per heavy atom. The van der Waals surface area contributed by atoms with Crippen molar-refractivity contribution in [2.75, 3.05) is 20.0 Å². The number of thioether (sulfide) groups is 1. The molecular formula is C25H27ClN2O4S. The third-order valence-electron chi connectivity index (χ3n) is 5.04. The Morgan fingerprint density at radius 2 is 1.52 bits per heavy atom. The van der Waals surface area contributed by atoms with Crippen LogP contribution >= 0.6 is 23.4 Å². The molecule has 0 aliphatic heterocycles. The van der Waals surface area contributed by atoms with Gasteiger partial charge in [-0.3, -0.25) is 4.79 Å². The number of carboxylic acids is 1. The van der Waals surface area contributed by atoms with Gasteiger partial charge in [0.1, 0.15) is 0 Å². The van der Waals surface area contributed by atoms with Gasteiger partial charge >= 0.3 is 5.97 Å². The molecule has 0 atom stereocenters. The van der Waals surface area contributed by atoms with Gasteiger partial charge in [0.15, 0.2) is 16.7 Å². The summed E-state index contributed by atoms with van der Waals surface area (Å²) in [6.45, 7) is 0. The van der Waals surface area contributed by atoms with Crippen molar-refractivity contribution in [2.45, 2.75) is 37.3 Å². The number of unbranched alkanes of at least 4 members (excludes halogenated alkanes) is 3. The monoisotopic (exact) mass is 486 g/mol. The minimum Gasteiger partial charge on any atom is -0.493 e. The van der Waals surface area contributed by atoms with E-state index in [-0.39, 0.29) is 6.42 Å². The maximum absolute atomic E-state index is 10.6. The molecular weight excluding hydrogens is 460 g/mol. The van der Waals surface area contributed by atoms with Crippen LogP contribution in [0.25, 0.3) is 22.5 Å². The van der Waals surface area contributed by atoms with Crippen molar-refractivity contribution in [3.8, 4) is 34.0 Å². The number of aromatic nitrogens is 2. The van der Waals surface area contributed by atoms with Crippen LogP contribution in [0.3, 0.4) is 0 Å². The van der Waals surface area contributed by atoms with Crippen LogP contribution in [0.2, 0.25) is 5.02 Å². The topological polar surface area (TPSA) is 81.5 Å². The van der Waals surface area contributed by atoms with Crippen molar-refractivity contribution < 1.29 is 19.4 Å². The van der Waals surface area contributed by atoms with Crippen LogP contribution in [-0.2, 0) is 4.79 Å². The third-order valence-corrected chi connectivity index (χ3v) is 6.23. The number of rotatable bonds is 12. The fraction of sp³-hybridized carbons (Fsp3) is 0.320. The SMILES string of the molecule is COc1ccc(-c2cc(-c3ccc(Cl)cc3)nc(SCCCCCCC(=O)O)n2)cc1OC. The number of benzene rings is 2. The second-order valence-electron chi connectivity index (χ2n) is 7.40. The molecule has 0 spiro atoms. The number of methoxy groups -OCH3 is 2. The number of hydrogen-bond acceptors (Lipinski definition) is 6. The van der Waals surface area contributed by atoms with Gasteiger partial charge in [-0.15, -0.1) is 0 Å². The lowest BCUT2D eigenvalue weighted by atomic mass is 10.1. The average Bonchev–Trinajstić information content (AvgIpc) is 2.83. The zero-order valence-corrected chi connectivity index (χ0v) is 20.3. The van der Waals surface area contributed by atoms with Crippen molar-refractivity contribution in [1.29, 1.82) is 0 Å². The van der Waals surface area contributed by atoms with Crippen LogP contribution in [0.4, 0.5) is 0 Å². The number of halogens is 1. The summed E-state index contributed by atoms with van der Waals surface area (Å²) < 4.78 is 10.8. The highest BCUT2D eigenvalue weighted by Gasteiger charge is 2.12. The lowest BCUT2D eigenvalue weighted by Crippen LogP contribution is -1.97. The summed E-state index contributed by atoms with van der Waals surface area (Å²) >= 11 is 7.66. The first kappa shape index (κ1) is 24.9. The van der Waals surface area contributed by atoms with Crippen LogP contribution in [0.15, 0.2) is 53.7 Å². The summed E-state index contributed by atoms with van der Waals surface area (Å²) in [6.07, 6.45) is 3.82. The summed E-state index contributed by atoms with van der Waals surface area (Å²) in [5.41, 5.74) is 3.47. The van der Waals surface area contributed by atoms with Gasteiger partial charge in [0, 0.05) is 28.3 Å². The summed E-state index contributed by atoms with van der Waals surface area (Å²) in [6, 6.07) is 15.3. The fourth-order valence-corrected chi connectivity index (χ4v) is 4.28. The lowest BCUT2D eigenvalue weighted by molar-refractivity contribution is -0.137. The van der Waals surface area contributed by atoms with Gasteiger partial charge in [-0.1, -0.05) is 48.3 Å². The van der Waals surface area contributed by atoms with E-state index in [1.165, 1.54) is 0 Å². The molecule has 1 heterocycles. The highest BCUT2D eigenvalue weighted by Crippen LogP contribution is 2.34. The van der Waals surface area contributed by atoms with E-state index in [0.717, 1.165) is 47.5 Å². The third kappa shape index (κ3) is 7.37. The molecule has 1 N–H and O–H groups in total. The molecule has 8 heteroatoms. The Balaban J connectivity index is 1.81. The van der Waals surface area contributed by atoms with Gasteiger partial charge < -0.3 is 14.6 Å². The van der Waals surface area contributed by atoms with Gasteiger partial charge in [0.05, 0.1) is 25.6 Å². The zero-order valence-electron chi connectivity index (χ0n) is 18.7. The number of carboxylic acid groups (broad SMARTS) is 1. The molecule has 2 aromatic carbocycles. The normalized spacial score (nSPS) is 10.8. The summed E-state index contributed by atoms with van der Waals surface area (Å²) in [4.78, 5) is 20.2. The predicted octanol–water partition coefficient (Wildman–Crippen LogP) is 6.61. The molecule has 0 bridgehead atoms. The number of ether oxygens (including phenoxy) is 2. The van der Waals surface area contributed by atoms with E-state index >= 15 is 0 Å². The Kier molecular flexibility index (Phi) is 9.39. The molecule has 1 aromatic heterocycles. The molecule has 174 valence electrons. The van der Waals surface area contributed by atoms with E-state index in [1.54, 1.807) is 26.0 Å². The van der Waals surface area contributed by atoms with Crippen molar-refractivity contribution in [2.24, 2.45) is 0 Å². The quantitative estimate of drug-likeness (QED) is 0.175. The number of hydrogen-bond donors (Lipinski definition) is 1. The maximum Gasteiger partial charge on any atom is 0.303 e. The van der Waals surface area contributed by atoms with Crippen molar-refractivity contribution in [3.05, 3.63) is 53.6 Å². The number of carbonyl (C=O) groups is 1. The molecule has 0 aliphatic carbocycles. The second kappa shape index (κ2) is 12.5. The van der Waals surface area contributed by atoms with Crippen LogP contribution in [0, 0.1) is 0 Å². The molecule has 0 fully saturated rings.